The van der Waals surface area contributed by atoms with Gasteiger partial charge >= 0.3 is 0 Å². The minimum Gasteiger partial charge on any atom is -0.352 e. The first-order valence-electron chi connectivity index (χ1n) is 5.94. The Morgan fingerprint density at radius 1 is 1.11 bits per heavy atom. The first-order chi connectivity index (χ1) is 9.18. The third-order valence-electron chi connectivity index (χ3n) is 2.76. The Morgan fingerprint density at radius 2 is 1.79 bits per heavy atom. The van der Waals surface area contributed by atoms with Gasteiger partial charge in [0.25, 0.3) is 5.91 Å². The van der Waals surface area contributed by atoms with E-state index in [1.165, 1.54) is 5.56 Å². The van der Waals surface area contributed by atoms with Crippen molar-refractivity contribution < 1.29 is 4.79 Å². The SMILES string of the molecule is O=C(NCCc1ccccc1Br)c1ccccc1I. The molecule has 1 N–H and O–H groups in total. The smallest absolute Gasteiger partial charge is 0.252 e. The van der Waals surface area contributed by atoms with Crippen LogP contribution in [-0.2, 0) is 6.42 Å². The summed E-state index contributed by atoms with van der Waals surface area (Å²) in [6.45, 7) is 0.631. The fraction of sp³-hybridized carbons (Fsp3) is 0.133. The molecular weight excluding hydrogens is 417 g/mol. The zero-order valence-corrected chi connectivity index (χ0v) is 13.9. The topological polar surface area (TPSA) is 29.1 Å². The molecule has 1 amide bonds. The van der Waals surface area contributed by atoms with E-state index < -0.39 is 0 Å². The van der Waals surface area contributed by atoms with Crippen molar-refractivity contribution in [1.82, 2.24) is 5.32 Å². The number of rotatable bonds is 4. The molecule has 4 heteroatoms. The molecule has 0 fully saturated rings. The van der Waals surface area contributed by atoms with E-state index in [-0.39, 0.29) is 5.91 Å². The summed E-state index contributed by atoms with van der Waals surface area (Å²) in [6, 6.07) is 15.6. The van der Waals surface area contributed by atoms with E-state index in [9.17, 15) is 4.79 Å². The molecule has 19 heavy (non-hydrogen) atoms. The van der Waals surface area contributed by atoms with E-state index in [4.69, 9.17) is 0 Å². The average molecular weight is 430 g/mol. The third kappa shape index (κ3) is 4.04. The summed E-state index contributed by atoms with van der Waals surface area (Å²) >= 11 is 5.68. The largest absolute Gasteiger partial charge is 0.352 e. The van der Waals surface area contributed by atoms with Crippen LogP contribution in [0.15, 0.2) is 53.0 Å². The molecule has 2 aromatic carbocycles. The maximum absolute atomic E-state index is 12.0. The van der Waals surface area contributed by atoms with E-state index in [0.717, 1.165) is 20.0 Å². The van der Waals surface area contributed by atoms with Crippen LogP contribution in [-0.4, -0.2) is 12.5 Å². The molecule has 2 aromatic rings. The maximum atomic E-state index is 12.0. The van der Waals surface area contributed by atoms with E-state index >= 15 is 0 Å². The monoisotopic (exact) mass is 429 g/mol. The molecule has 0 heterocycles. The van der Waals surface area contributed by atoms with Gasteiger partial charge in [0, 0.05) is 14.6 Å². The van der Waals surface area contributed by atoms with Gasteiger partial charge in [0.2, 0.25) is 0 Å². The van der Waals surface area contributed by atoms with Gasteiger partial charge in [-0.05, 0) is 52.8 Å². The highest BCUT2D eigenvalue weighted by molar-refractivity contribution is 14.1. The first-order valence-corrected chi connectivity index (χ1v) is 7.82. The van der Waals surface area contributed by atoms with Crippen molar-refractivity contribution in [3.05, 3.63) is 67.7 Å². The van der Waals surface area contributed by atoms with Gasteiger partial charge in [0.05, 0.1) is 5.56 Å². The molecule has 0 radical (unpaired) electrons. The van der Waals surface area contributed by atoms with Gasteiger partial charge in [0.1, 0.15) is 0 Å². The number of halogens is 2. The average Bonchev–Trinajstić information content (AvgIpc) is 2.41. The molecule has 0 aromatic heterocycles. The Balaban J connectivity index is 1.92. The number of hydrogen-bond donors (Lipinski definition) is 1. The molecule has 0 atom stereocenters. The molecule has 0 saturated heterocycles. The molecule has 98 valence electrons. The Morgan fingerprint density at radius 3 is 2.53 bits per heavy atom. The van der Waals surface area contributed by atoms with Crippen molar-refractivity contribution >= 4 is 44.4 Å². The van der Waals surface area contributed by atoms with Crippen LogP contribution in [0.2, 0.25) is 0 Å². The predicted octanol–water partition coefficient (Wildman–Crippen LogP) is 4.03. The van der Waals surface area contributed by atoms with E-state index in [1.54, 1.807) is 0 Å². The van der Waals surface area contributed by atoms with E-state index in [2.05, 4.69) is 49.9 Å². The molecule has 0 aliphatic carbocycles. The summed E-state index contributed by atoms with van der Waals surface area (Å²) in [5.41, 5.74) is 1.93. The summed E-state index contributed by atoms with van der Waals surface area (Å²) in [6.07, 6.45) is 0.816. The lowest BCUT2D eigenvalue weighted by molar-refractivity contribution is 0.0953. The summed E-state index contributed by atoms with van der Waals surface area (Å²) in [5.74, 6) is -0.0166. The second-order valence-corrected chi connectivity index (χ2v) is 6.09. The Bertz CT molecular complexity index is 586. The predicted molar refractivity (Wildman–Crippen MR) is 89.3 cm³/mol. The molecule has 0 bridgehead atoms. The zero-order valence-electron chi connectivity index (χ0n) is 10.2. The van der Waals surface area contributed by atoms with Crippen LogP contribution < -0.4 is 5.32 Å². The van der Waals surface area contributed by atoms with Gasteiger partial charge in [-0.1, -0.05) is 46.3 Å². The molecule has 0 spiro atoms. The molecule has 2 nitrogen and oxygen atoms in total. The van der Waals surface area contributed by atoms with Crippen LogP contribution in [0.5, 0.6) is 0 Å². The summed E-state index contributed by atoms with van der Waals surface area (Å²) in [4.78, 5) is 12.0. The number of amides is 1. The highest BCUT2D eigenvalue weighted by atomic mass is 127. The van der Waals surface area contributed by atoms with Gasteiger partial charge < -0.3 is 5.32 Å². The van der Waals surface area contributed by atoms with Crippen molar-refractivity contribution in [1.29, 1.82) is 0 Å². The number of carbonyl (C=O) groups excluding carboxylic acids is 1. The number of hydrogen-bond acceptors (Lipinski definition) is 1. The van der Waals surface area contributed by atoms with Crippen molar-refractivity contribution in [2.24, 2.45) is 0 Å². The molecule has 0 unspecified atom stereocenters. The fourth-order valence-corrected chi connectivity index (χ4v) is 2.87. The lowest BCUT2D eigenvalue weighted by Gasteiger charge is -2.08. The quantitative estimate of drug-likeness (QED) is 0.730. The van der Waals surface area contributed by atoms with Crippen molar-refractivity contribution in [3.63, 3.8) is 0 Å². The summed E-state index contributed by atoms with van der Waals surface area (Å²) in [7, 11) is 0. The summed E-state index contributed by atoms with van der Waals surface area (Å²) in [5, 5.41) is 2.95. The Hall–Kier alpha value is -0.880. The van der Waals surface area contributed by atoms with Gasteiger partial charge in [-0.3, -0.25) is 4.79 Å². The van der Waals surface area contributed by atoms with Gasteiger partial charge in [0.15, 0.2) is 0 Å². The van der Waals surface area contributed by atoms with Crippen LogP contribution in [0.3, 0.4) is 0 Å². The lowest BCUT2D eigenvalue weighted by atomic mass is 10.1. The minimum absolute atomic E-state index is 0.0166. The van der Waals surface area contributed by atoms with Crippen LogP contribution in [0.4, 0.5) is 0 Å². The van der Waals surface area contributed by atoms with Gasteiger partial charge in [-0.15, -0.1) is 0 Å². The molecular formula is C15H13BrINO. The van der Waals surface area contributed by atoms with Gasteiger partial charge in [-0.25, -0.2) is 0 Å². The van der Waals surface area contributed by atoms with Crippen LogP contribution >= 0.6 is 38.5 Å². The van der Waals surface area contributed by atoms with Crippen LogP contribution in [0.1, 0.15) is 15.9 Å². The van der Waals surface area contributed by atoms with E-state index in [0.29, 0.717) is 6.54 Å². The highest BCUT2D eigenvalue weighted by Crippen LogP contribution is 2.16. The van der Waals surface area contributed by atoms with E-state index in [1.807, 2.05) is 42.5 Å². The standard InChI is InChI=1S/C15H13BrINO/c16-13-7-3-1-5-11(13)9-10-18-15(19)12-6-2-4-8-14(12)17/h1-8H,9-10H2,(H,18,19). The number of benzene rings is 2. The molecule has 0 saturated carbocycles. The minimum atomic E-state index is -0.0166. The van der Waals surface area contributed by atoms with Gasteiger partial charge in [-0.2, -0.15) is 0 Å². The van der Waals surface area contributed by atoms with Crippen LogP contribution in [0.25, 0.3) is 0 Å². The molecule has 0 aliphatic heterocycles. The number of carbonyl (C=O) groups is 1. The normalized spacial score (nSPS) is 10.2. The maximum Gasteiger partial charge on any atom is 0.252 e. The second kappa shape index (κ2) is 7.05. The second-order valence-electron chi connectivity index (χ2n) is 4.08. The fourth-order valence-electron chi connectivity index (χ4n) is 1.75. The summed E-state index contributed by atoms with van der Waals surface area (Å²) < 4.78 is 2.05. The first kappa shape index (κ1) is 14.5. The van der Waals surface area contributed by atoms with Crippen LogP contribution in [0, 0.1) is 3.57 Å². The molecule has 2 rings (SSSR count). The van der Waals surface area contributed by atoms with Crippen molar-refractivity contribution in [2.75, 3.05) is 6.54 Å². The zero-order chi connectivity index (χ0) is 13.7. The Labute approximate surface area is 134 Å². The highest BCUT2D eigenvalue weighted by Gasteiger charge is 2.08. The lowest BCUT2D eigenvalue weighted by Crippen LogP contribution is -2.26. The molecule has 0 aliphatic rings. The number of nitrogens with one attached hydrogen (secondary N) is 1. The third-order valence-corrected chi connectivity index (χ3v) is 4.47. The van der Waals surface area contributed by atoms with Crippen molar-refractivity contribution in [3.8, 4) is 0 Å². The van der Waals surface area contributed by atoms with Crippen molar-refractivity contribution in [2.45, 2.75) is 6.42 Å². The Kier molecular flexibility index (Phi) is 5.39.